The zero-order valence-electron chi connectivity index (χ0n) is 29.7. The normalized spacial score (nSPS) is 15.0. The molecule has 1 atom stereocenters. The van der Waals surface area contributed by atoms with Crippen molar-refractivity contribution in [3.8, 4) is 0 Å². The van der Waals surface area contributed by atoms with Gasteiger partial charge in [0, 0.05) is 25.5 Å². The molecule has 0 aromatic rings. The number of nitrogens with zero attached hydrogens (tertiary/aromatic N) is 2. The fourth-order valence-electron chi connectivity index (χ4n) is 6.89. The van der Waals surface area contributed by atoms with Gasteiger partial charge in [0.15, 0.2) is 0 Å². The summed E-state index contributed by atoms with van der Waals surface area (Å²) >= 11 is 0. The second-order valence-corrected chi connectivity index (χ2v) is 13.9. The van der Waals surface area contributed by atoms with Crippen LogP contribution in [0.3, 0.4) is 0 Å². The summed E-state index contributed by atoms with van der Waals surface area (Å²) in [6, 6.07) is 0. The summed E-state index contributed by atoms with van der Waals surface area (Å²) in [5, 5.41) is 0. The van der Waals surface area contributed by atoms with E-state index < -0.39 is 0 Å². The third kappa shape index (κ3) is 23.8. The van der Waals surface area contributed by atoms with Gasteiger partial charge in [0.1, 0.15) is 6.17 Å². The minimum Gasteiger partial charge on any atom is -0.356 e. The molecule has 0 radical (unpaired) electrons. The Hall–Kier alpha value is -0.660. The summed E-state index contributed by atoms with van der Waals surface area (Å²) in [5.41, 5.74) is 0. The lowest BCUT2D eigenvalue weighted by Gasteiger charge is -2.33. The Morgan fingerprint density at radius 2 is 0.548 bits per heavy atom. The third-order valence-corrected chi connectivity index (χ3v) is 9.82. The van der Waals surface area contributed by atoms with Crippen LogP contribution in [0.15, 0.2) is 12.4 Å². The van der Waals surface area contributed by atoms with E-state index in [1.54, 1.807) is 0 Å². The molecule has 0 bridgehead atoms. The van der Waals surface area contributed by atoms with Crippen LogP contribution in [0.4, 0.5) is 0 Å². The highest BCUT2D eigenvalue weighted by Crippen LogP contribution is 2.24. The fraction of sp³-hybridized carbons (Fsp3) is 0.950. The molecule has 250 valence electrons. The Morgan fingerprint density at radius 1 is 0.310 bits per heavy atom. The highest BCUT2D eigenvalue weighted by Gasteiger charge is 2.24. The van der Waals surface area contributed by atoms with Crippen LogP contribution in [-0.4, -0.2) is 29.1 Å². The van der Waals surface area contributed by atoms with E-state index in [4.69, 9.17) is 0 Å². The van der Waals surface area contributed by atoms with Gasteiger partial charge >= 0.3 is 0 Å². The quantitative estimate of drug-likeness (QED) is 0.0690. The van der Waals surface area contributed by atoms with Crippen LogP contribution in [-0.2, 0) is 0 Å². The van der Waals surface area contributed by atoms with Crippen molar-refractivity contribution in [2.24, 2.45) is 0 Å². The first kappa shape index (κ1) is 39.4. The monoisotopic (exact) mass is 589 g/mol. The van der Waals surface area contributed by atoms with Gasteiger partial charge < -0.3 is 9.80 Å². The van der Waals surface area contributed by atoms with Crippen LogP contribution in [0.2, 0.25) is 0 Å². The molecule has 0 aromatic carbocycles. The van der Waals surface area contributed by atoms with Gasteiger partial charge in [-0.05, 0) is 25.7 Å². The van der Waals surface area contributed by atoms with Crippen molar-refractivity contribution in [1.29, 1.82) is 0 Å². The zero-order chi connectivity index (χ0) is 30.2. The molecule has 0 saturated heterocycles. The number of hydrogen-bond acceptors (Lipinski definition) is 2. The molecule has 1 aliphatic heterocycles. The zero-order valence-corrected chi connectivity index (χ0v) is 29.7. The van der Waals surface area contributed by atoms with Crippen molar-refractivity contribution in [2.45, 2.75) is 232 Å². The molecule has 0 saturated carbocycles. The SMILES string of the molecule is CCCCCCCCCCCCCCCN1C=CN(CCCCCCCCCCC)C1CCCCCCCCCCC. The van der Waals surface area contributed by atoms with Gasteiger partial charge in [-0.15, -0.1) is 0 Å². The van der Waals surface area contributed by atoms with Crippen molar-refractivity contribution in [1.82, 2.24) is 9.80 Å². The topological polar surface area (TPSA) is 6.48 Å². The summed E-state index contributed by atoms with van der Waals surface area (Å²) in [6.07, 6.45) is 51.4. The Kier molecular flexibility index (Phi) is 29.8. The van der Waals surface area contributed by atoms with Crippen LogP contribution in [0.25, 0.3) is 0 Å². The van der Waals surface area contributed by atoms with Gasteiger partial charge in [-0.2, -0.15) is 0 Å². The fourth-order valence-corrected chi connectivity index (χ4v) is 6.89. The summed E-state index contributed by atoms with van der Waals surface area (Å²) in [4.78, 5) is 5.44. The first-order valence-electron chi connectivity index (χ1n) is 20.0. The molecule has 1 aliphatic rings. The van der Waals surface area contributed by atoms with E-state index in [2.05, 4.69) is 43.0 Å². The van der Waals surface area contributed by atoms with Gasteiger partial charge in [0.25, 0.3) is 0 Å². The molecule has 1 unspecified atom stereocenters. The van der Waals surface area contributed by atoms with Crippen LogP contribution >= 0.6 is 0 Å². The average molecular weight is 589 g/mol. The van der Waals surface area contributed by atoms with Gasteiger partial charge in [0.05, 0.1) is 0 Å². The van der Waals surface area contributed by atoms with E-state index >= 15 is 0 Å². The van der Waals surface area contributed by atoms with Crippen LogP contribution in [0, 0.1) is 0 Å². The van der Waals surface area contributed by atoms with Crippen LogP contribution < -0.4 is 0 Å². The van der Waals surface area contributed by atoms with Gasteiger partial charge in [-0.3, -0.25) is 0 Å². The number of rotatable bonds is 34. The lowest BCUT2D eigenvalue weighted by molar-refractivity contribution is 0.135. The van der Waals surface area contributed by atoms with Crippen LogP contribution in [0.5, 0.6) is 0 Å². The molecule has 2 heteroatoms. The molecule has 2 nitrogen and oxygen atoms in total. The van der Waals surface area contributed by atoms with E-state index in [1.165, 1.54) is 219 Å². The summed E-state index contributed by atoms with van der Waals surface area (Å²) in [7, 11) is 0. The van der Waals surface area contributed by atoms with Crippen molar-refractivity contribution in [2.75, 3.05) is 13.1 Å². The first-order chi connectivity index (χ1) is 20.8. The molecule has 1 rings (SSSR count). The van der Waals surface area contributed by atoms with E-state index in [0.717, 1.165) is 0 Å². The largest absolute Gasteiger partial charge is 0.356 e. The molecule has 0 aromatic heterocycles. The van der Waals surface area contributed by atoms with Crippen LogP contribution in [0.1, 0.15) is 226 Å². The second kappa shape index (κ2) is 31.8. The molecule has 0 fully saturated rings. The van der Waals surface area contributed by atoms with Gasteiger partial charge in [-0.25, -0.2) is 0 Å². The maximum absolute atomic E-state index is 2.72. The van der Waals surface area contributed by atoms with E-state index in [0.29, 0.717) is 6.17 Å². The minimum atomic E-state index is 0.640. The number of hydrogen-bond donors (Lipinski definition) is 0. The molecule has 0 spiro atoms. The van der Waals surface area contributed by atoms with Gasteiger partial charge in [0.2, 0.25) is 0 Å². The Labute approximate surface area is 267 Å². The Morgan fingerprint density at radius 3 is 0.833 bits per heavy atom. The Bertz CT molecular complexity index is 544. The minimum absolute atomic E-state index is 0.640. The highest BCUT2D eigenvalue weighted by atomic mass is 15.4. The lowest BCUT2D eigenvalue weighted by Crippen LogP contribution is -2.39. The van der Waals surface area contributed by atoms with Gasteiger partial charge in [-0.1, -0.05) is 201 Å². The third-order valence-electron chi connectivity index (χ3n) is 9.82. The lowest BCUT2D eigenvalue weighted by atomic mass is 10.0. The smallest absolute Gasteiger partial charge is 0.101 e. The van der Waals surface area contributed by atoms with Crippen molar-refractivity contribution < 1.29 is 0 Å². The Balaban J connectivity index is 2.21. The molecule has 42 heavy (non-hydrogen) atoms. The first-order valence-corrected chi connectivity index (χ1v) is 20.0. The molecule has 1 heterocycles. The predicted octanol–water partition coefficient (Wildman–Crippen LogP) is 13.9. The van der Waals surface area contributed by atoms with E-state index in [1.807, 2.05) is 0 Å². The summed E-state index contributed by atoms with van der Waals surface area (Å²) in [5.74, 6) is 0. The molecule has 0 N–H and O–H groups in total. The molecule has 0 aliphatic carbocycles. The summed E-state index contributed by atoms with van der Waals surface area (Å²) in [6.45, 7) is 9.48. The standard InChI is InChI=1S/C40H80N2/c1-4-7-10-13-16-19-20-21-22-25-28-31-34-37-42-39-38-41(36-33-30-27-24-18-15-12-9-6-3)40(42)35-32-29-26-23-17-14-11-8-5-2/h38-40H,4-37H2,1-3H3. The summed E-state index contributed by atoms with van der Waals surface area (Å²) < 4.78 is 0. The highest BCUT2D eigenvalue weighted by molar-refractivity contribution is 4.97. The molecular formula is C40H80N2. The predicted molar refractivity (Wildman–Crippen MR) is 191 cm³/mol. The van der Waals surface area contributed by atoms with Crippen molar-refractivity contribution in [3.63, 3.8) is 0 Å². The average Bonchev–Trinajstić information content (AvgIpc) is 3.38. The maximum atomic E-state index is 2.72. The van der Waals surface area contributed by atoms with Crippen molar-refractivity contribution >= 4 is 0 Å². The van der Waals surface area contributed by atoms with Crippen molar-refractivity contribution in [3.05, 3.63) is 12.4 Å². The number of unbranched alkanes of at least 4 members (excludes halogenated alkanes) is 28. The molecular weight excluding hydrogens is 508 g/mol. The van der Waals surface area contributed by atoms with E-state index in [-0.39, 0.29) is 0 Å². The maximum Gasteiger partial charge on any atom is 0.101 e. The second-order valence-electron chi connectivity index (χ2n) is 13.9. The van der Waals surface area contributed by atoms with E-state index in [9.17, 15) is 0 Å². The molecule has 0 amide bonds.